The van der Waals surface area contributed by atoms with Crippen LogP contribution in [0, 0.1) is 0 Å². The molecule has 0 aromatic heterocycles. The number of unbranched alkanes of at least 4 members (excludes halogenated alkanes) is 2. The molecular weight excluding hydrogens is 261 g/mol. The van der Waals surface area contributed by atoms with Crippen molar-refractivity contribution in [1.82, 2.24) is 5.32 Å². The lowest BCUT2D eigenvalue weighted by atomic mass is 10.2. The standard InChI is InChI=1S/C12H15Cl2NO2/c13-10-5-4-9(8-11(10)14)12(17)15-6-2-1-3-7-16/h4-5,8,16H,1-3,6-7H2,(H,15,17). The van der Waals surface area contributed by atoms with Crippen LogP contribution < -0.4 is 5.32 Å². The number of aliphatic hydroxyl groups is 1. The summed E-state index contributed by atoms with van der Waals surface area (Å²) < 4.78 is 0. The molecule has 1 aromatic carbocycles. The Labute approximate surface area is 111 Å². The van der Waals surface area contributed by atoms with Crippen LogP contribution in [0.2, 0.25) is 10.0 Å². The van der Waals surface area contributed by atoms with Gasteiger partial charge in [-0.15, -0.1) is 0 Å². The third kappa shape index (κ3) is 4.94. The van der Waals surface area contributed by atoms with Gasteiger partial charge in [0.15, 0.2) is 0 Å². The number of carbonyl (C=O) groups excluding carboxylic acids is 1. The highest BCUT2D eigenvalue weighted by molar-refractivity contribution is 6.42. The third-order valence-electron chi connectivity index (χ3n) is 2.30. The van der Waals surface area contributed by atoms with Crippen LogP contribution in [-0.4, -0.2) is 24.2 Å². The highest BCUT2D eigenvalue weighted by Gasteiger charge is 2.06. The molecule has 0 aliphatic heterocycles. The fourth-order valence-corrected chi connectivity index (χ4v) is 1.65. The molecule has 0 aliphatic carbocycles. The summed E-state index contributed by atoms with van der Waals surface area (Å²) in [6, 6.07) is 4.79. The van der Waals surface area contributed by atoms with Crippen molar-refractivity contribution in [3.05, 3.63) is 33.8 Å². The van der Waals surface area contributed by atoms with Gasteiger partial charge in [0.2, 0.25) is 0 Å². The minimum absolute atomic E-state index is 0.160. The third-order valence-corrected chi connectivity index (χ3v) is 3.04. The zero-order valence-corrected chi connectivity index (χ0v) is 10.9. The predicted molar refractivity (Wildman–Crippen MR) is 69.7 cm³/mol. The van der Waals surface area contributed by atoms with Gasteiger partial charge in [0.1, 0.15) is 0 Å². The summed E-state index contributed by atoms with van der Waals surface area (Å²) in [5.74, 6) is -0.160. The van der Waals surface area contributed by atoms with E-state index in [-0.39, 0.29) is 12.5 Å². The molecule has 0 bridgehead atoms. The molecule has 0 atom stereocenters. The number of benzene rings is 1. The lowest BCUT2D eigenvalue weighted by Gasteiger charge is -2.05. The smallest absolute Gasteiger partial charge is 0.251 e. The summed E-state index contributed by atoms with van der Waals surface area (Å²) in [7, 11) is 0. The van der Waals surface area contributed by atoms with Crippen molar-refractivity contribution >= 4 is 29.1 Å². The second kappa shape index (κ2) is 7.54. The van der Waals surface area contributed by atoms with Crippen LogP contribution in [0.4, 0.5) is 0 Å². The molecule has 0 saturated carbocycles. The number of hydrogen-bond donors (Lipinski definition) is 2. The predicted octanol–water partition coefficient (Wildman–Crippen LogP) is 2.89. The fourth-order valence-electron chi connectivity index (χ4n) is 1.35. The maximum Gasteiger partial charge on any atom is 0.251 e. The van der Waals surface area contributed by atoms with E-state index in [2.05, 4.69) is 5.32 Å². The van der Waals surface area contributed by atoms with Crippen molar-refractivity contribution in [2.24, 2.45) is 0 Å². The van der Waals surface area contributed by atoms with Gasteiger partial charge in [0.25, 0.3) is 5.91 Å². The number of halogens is 2. The molecule has 1 amide bonds. The SMILES string of the molecule is O=C(NCCCCCO)c1ccc(Cl)c(Cl)c1. The van der Waals surface area contributed by atoms with Crippen molar-refractivity contribution in [1.29, 1.82) is 0 Å². The lowest BCUT2D eigenvalue weighted by molar-refractivity contribution is 0.0953. The zero-order chi connectivity index (χ0) is 12.7. The number of nitrogens with one attached hydrogen (secondary N) is 1. The molecule has 0 saturated heterocycles. The van der Waals surface area contributed by atoms with Crippen molar-refractivity contribution in [2.75, 3.05) is 13.2 Å². The molecule has 1 rings (SSSR count). The van der Waals surface area contributed by atoms with Gasteiger partial charge in [0.05, 0.1) is 10.0 Å². The molecule has 2 N–H and O–H groups in total. The molecule has 3 nitrogen and oxygen atoms in total. The van der Waals surface area contributed by atoms with E-state index < -0.39 is 0 Å². The van der Waals surface area contributed by atoms with Gasteiger partial charge in [-0.1, -0.05) is 23.2 Å². The number of hydrogen-bond acceptors (Lipinski definition) is 2. The Bertz CT molecular complexity index is 383. The molecular formula is C12H15Cl2NO2. The highest BCUT2D eigenvalue weighted by Crippen LogP contribution is 2.22. The minimum atomic E-state index is -0.160. The largest absolute Gasteiger partial charge is 0.396 e. The van der Waals surface area contributed by atoms with E-state index in [1.165, 1.54) is 0 Å². The van der Waals surface area contributed by atoms with Crippen LogP contribution in [-0.2, 0) is 0 Å². The van der Waals surface area contributed by atoms with Crippen LogP contribution in [0.25, 0.3) is 0 Å². The molecule has 0 heterocycles. The number of aliphatic hydroxyl groups excluding tert-OH is 1. The first-order valence-electron chi connectivity index (χ1n) is 5.49. The molecule has 0 fully saturated rings. The maximum atomic E-state index is 11.7. The Morgan fingerprint density at radius 3 is 2.59 bits per heavy atom. The maximum absolute atomic E-state index is 11.7. The van der Waals surface area contributed by atoms with E-state index >= 15 is 0 Å². The summed E-state index contributed by atoms with van der Waals surface area (Å²) in [6.07, 6.45) is 2.52. The van der Waals surface area contributed by atoms with Crippen LogP contribution in [0.5, 0.6) is 0 Å². The van der Waals surface area contributed by atoms with Crippen LogP contribution in [0.1, 0.15) is 29.6 Å². The molecule has 94 valence electrons. The van der Waals surface area contributed by atoms with E-state index in [0.29, 0.717) is 22.2 Å². The van der Waals surface area contributed by atoms with Crippen LogP contribution in [0.3, 0.4) is 0 Å². The number of carbonyl (C=O) groups is 1. The van der Waals surface area contributed by atoms with E-state index in [9.17, 15) is 4.79 Å². The molecule has 0 radical (unpaired) electrons. The first kappa shape index (κ1) is 14.3. The Morgan fingerprint density at radius 1 is 1.18 bits per heavy atom. The Morgan fingerprint density at radius 2 is 1.94 bits per heavy atom. The molecule has 0 aliphatic rings. The van der Waals surface area contributed by atoms with Gasteiger partial charge >= 0.3 is 0 Å². The molecule has 17 heavy (non-hydrogen) atoms. The van der Waals surface area contributed by atoms with Gasteiger partial charge in [-0.25, -0.2) is 0 Å². The van der Waals surface area contributed by atoms with Gasteiger partial charge < -0.3 is 10.4 Å². The monoisotopic (exact) mass is 275 g/mol. The van der Waals surface area contributed by atoms with Gasteiger partial charge in [0, 0.05) is 18.7 Å². The topological polar surface area (TPSA) is 49.3 Å². The van der Waals surface area contributed by atoms with E-state index in [1.54, 1.807) is 18.2 Å². The van der Waals surface area contributed by atoms with Crippen molar-refractivity contribution in [3.63, 3.8) is 0 Å². The van der Waals surface area contributed by atoms with E-state index in [4.69, 9.17) is 28.3 Å². The summed E-state index contributed by atoms with van der Waals surface area (Å²) in [5.41, 5.74) is 0.501. The van der Waals surface area contributed by atoms with Gasteiger partial charge in [-0.05, 0) is 37.5 Å². The summed E-state index contributed by atoms with van der Waals surface area (Å²) in [4.78, 5) is 11.7. The van der Waals surface area contributed by atoms with E-state index in [0.717, 1.165) is 19.3 Å². The average molecular weight is 276 g/mol. The summed E-state index contributed by atoms with van der Waals surface area (Å²) >= 11 is 11.6. The molecule has 5 heteroatoms. The highest BCUT2D eigenvalue weighted by atomic mass is 35.5. The van der Waals surface area contributed by atoms with Crippen LogP contribution in [0.15, 0.2) is 18.2 Å². The number of rotatable bonds is 6. The second-order valence-corrected chi connectivity index (χ2v) is 4.48. The van der Waals surface area contributed by atoms with Crippen molar-refractivity contribution < 1.29 is 9.90 Å². The average Bonchev–Trinajstić information content (AvgIpc) is 2.32. The normalized spacial score (nSPS) is 10.3. The summed E-state index contributed by atoms with van der Waals surface area (Å²) in [6.45, 7) is 0.791. The van der Waals surface area contributed by atoms with Gasteiger partial charge in [-0.3, -0.25) is 4.79 Å². The van der Waals surface area contributed by atoms with Gasteiger partial charge in [-0.2, -0.15) is 0 Å². The minimum Gasteiger partial charge on any atom is -0.396 e. The van der Waals surface area contributed by atoms with Crippen molar-refractivity contribution in [2.45, 2.75) is 19.3 Å². The fraction of sp³-hybridized carbons (Fsp3) is 0.417. The quantitative estimate of drug-likeness (QED) is 0.785. The lowest BCUT2D eigenvalue weighted by Crippen LogP contribution is -2.24. The first-order chi connectivity index (χ1) is 8.15. The van der Waals surface area contributed by atoms with Crippen molar-refractivity contribution in [3.8, 4) is 0 Å². The van der Waals surface area contributed by atoms with Crippen LogP contribution >= 0.6 is 23.2 Å². The number of amides is 1. The molecule has 1 aromatic rings. The Kier molecular flexibility index (Phi) is 6.34. The molecule has 0 unspecified atom stereocenters. The Hall–Kier alpha value is -0.770. The first-order valence-corrected chi connectivity index (χ1v) is 6.25. The Balaban J connectivity index is 2.39. The zero-order valence-electron chi connectivity index (χ0n) is 9.38. The second-order valence-electron chi connectivity index (χ2n) is 3.67. The molecule has 0 spiro atoms. The summed E-state index contributed by atoms with van der Waals surface area (Å²) in [5, 5.41) is 12.2. The van der Waals surface area contributed by atoms with E-state index in [1.807, 2.05) is 0 Å².